The van der Waals surface area contributed by atoms with Crippen LogP contribution < -0.4 is 0 Å². The minimum Gasteiger partial charge on any atom is -0.458 e. The van der Waals surface area contributed by atoms with Crippen molar-refractivity contribution >= 4 is 17.7 Å². The first-order valence-electron chi connectivity index (χ1n) is 15.2. The largest absolute Gasteiger partial charge is 0.458 e. The SMILES string of the molecule is C/C=C(/C)C(=O)O[C@H]1C(C)=CC23C(=O)C(C=C(CO)[C@@H](O)C12O)[C@H]1C(C)(C)[C@]1(OC(=O)CCCCCCC)C[C@H]3C. The number of aliphatic hydroxyl groups is 3. The van der Waals surface area contributed by atoms with E-state index in [0.717, 1.165) is 32.1 Å². The second kappa shape index (κ2) is 11.1. The number of ether oxygens (including phenoxy) is 2. The number of unbranched alkanes of at least 4 members (excludes halogenated alkanes) is 4. The van der Waals surface area contributed by atoms with Crippen LogP contribution in [0.4, 0.5) is 0 Å². The Labute approximate surface area is 243 Å². The molecule has 228 valence electrons. The number of fused-ring (bicyclic) bond motifs is 3. The lowest BCUT2D eigenvalue weighted by Crippen LogP contribution is -2.66. The smallest absolute Gasteiger partial charge is 0.334 e. The minimum absolute atomic E-state index is 0.0904. The van der Waals surface area contributed by atoms with Gasteiger partial charge in [-0.25, -0.2) is 4.79 Å². The summed E-state index contributed by atoms with van der Waals surface area (Å²) in [6.45, 7) is 12.3. The van der Waals surface area contributed by atoms with Crippen molar-refractivity contribution in [2.24, 2.45) is 28.6 Å². The molecule has 8 heteroatoms. The second-order valence-corrected chi connectivity index (χ2v) is 13.4. The number of ketones is 1. The van der Waals surface area contributed by atoms with Gasteiger partial charge in [0, 0.05) is 29.2 Å². The van der Waals surface area contributed by atoms with Gasteiger partial charge in [-0.05, 0) is 50.7 Å². The average molecular weight is 573 g/mol. The van der Waals surface area contributed by atoms with E-state index in [0.29, 0.717) is 24.0 Å². The van der Waals surface area contributed by atoms with Crippen LogP contribution in [-0.4, -0.2) is 63.1 Å². The van der Waals surface area contributed by atoms with Gasteiger partial charge in [0.25, 0.3) is 0 Å². The monoisotopic (exact) mass is 572 g/mol. The highest BCUT2D eigenvalue weighted by Gasteiger charge is 2.83. The molecule has 4 aliphatic carbocycles. The first-order valence-corrected chi connectivity index (χ1v) is 15.2. The number of hydrogen-bond donors (Lipinski definition) is 3. The van der Waals surface area contributed by atoms with Crippen LogP contribution in [0.2, 0.25) is 0 Å². The molecule has 0 saturated heterocycles. The standard InChI is InChI=1S/C33H48O8/c1-8-10-11-12-13-14-24(35)41-32-17-21(5)31-16-20(4)28(40-29(38)19(3)9-2)33(31,39)26(36)22(18-34)15-23(27(31)37)25(32)30(32,6)7/h9,15-16,21,23,25-26,28,34,36,39H,8,10-14,17-18H2,1-7H3/b19-9-/t21-,23?,25+,26-,28+,31?,32+,33?/m1/s1. The molecule has 2 fully saturated rings. The number of aliphatic hydroxyl groups excluding tert-OH is 2. The molecule has 1 spiro atoms. The van der Waals surface area contributed by atoms with Crippen LogP contribution in [0.1, 0.15) is 93.4 Å². The van der Waals surface area contributed by atoms with Gasteiger partial charge in [0.15, 0.2) is 17.5 Å². The molecule has 4 aliphatic rings. The van der Waals surface area contributed by atoms with Gasteiger partial charge in [0.2, 0.25) is 0 Å². The van der Waals surface area contributed by atoms with Crippen molar-refractivity contribution in [3.05, 3.63) is 34.9 Å². The van der Waals surface area contributed by atoms with Crippen molar-refractivity contribution in [2.75, 3.05) is 6.61 Å². The molecule has 0 aromatic heterocycles. The van der Waals surface area contributed by atoms with Crippen molar-refractivity contribution in [3.63, 3.8) is 0 Å². The quantitative estimate of drug-likeness (QED) is 0.152. The lowest BCUT2D eigenvalue weighted by atomic mass is 9.59. The summed E-state index contributed by atoms with van der Waals surface area (Å²) >= 11 is 0. The van der Waals surface area contributed by atoms with Crippen LogP contribution in [0.5, 0.6) is 0 Å². The van der Waals surface area contributed by atoms with E-state index >= 15 is 0 Å². The van der Waals surface area contributed by atoms with Gasteiger partial charge in [-0.3, -0.25) is 9.59 Å². The fourth-order valence-electron chi connectivity index (χ4n) is 8.34. The van der Waals surface area contributed by atoms with Gasteiger partial charge in [-0.2, -0.15) is 0 Å². The highest BCUT2D eigenvalue weighted by Crippen LogP contribution is 2.75. The van der Waals surface area contributed by atoms with Crippen LogP contribution in [0.15, 0.2) is 34.9 Å². The Morgan fingerprint density at radius 1 is 1.17 bits per heavy atom. The molecule has 0 aliphatic heterocycles. The summed E-state index contributed by atoms with van der Waals surface area (Å²) in [5.41, 5.74) is -4.52. The van der Waals surface area contributed by atoms with Crippen molar-refractivity contribution in [1.82, 2.24) is 0 Å². The molecule has 0 heterocycles. The first-order chi connectivity index (χ1) is 19.2. The molecule has 41 heavy (non-hydrogen) atoms. The third-order valence-corrected chi connectivity index (χ3v) is 10.8. The third kappa shape index (κ3) is 4.47. The van der Waals surface area contributed by atoms with E-state index in [4.69, 9.17) is 9.47 Å². The van der Waals surface area contributed by atoms with Gasteiger partial charge in [-0.1, -0.05) is 71.6 Å². The Morgan fingerprint density at radius 3 is 2.44 bits per heavy atom. The zero-order valence-electron chi connectivity index (χ0n) is 25.7. The van der Waals surface area contributed by atoms with Gasteiger partial charge in [0.05, 0.1) is 12.0 Å². The maximum atomic E-state index is 14.7. The van der Waals surface area contributed by atoms with Crippen molar-refractivity contribution in [3.8, 4) is 0 Å². The summed E-state index contributed by atoms with van der Waals surface area (Å²) < 4.78 is 12.1. The molecule has 0 radical (unpaired) electrons. The maximum absolute atomic E-state index is 14.7. The van der Waals surface area contributed by atoms with Gasteiger partial charge >= 0.3 is 11.9 Å². The Hall–Kier alpha value is -2.29. The number of Topliss-reactive ketones (excluding diaryl/α,β-unsaturated/α-hetero) is 1. The van der Waals surface area contributed by atoms with Crippen LogP contribution >= 0.6 is 0 Å². The molecule has 8 atom stereocenters. The summed E-state index contributed by atoms with van der Waals surface area (Å²) in [6, 6.07) is 0. The number of esters is 2. The zero-order chi connectivity index (χ0) is 30.5. The number of hydrogen-bond acceptors (Lipinski definition) is 8. The lowest BCUT2D eigenvalue weighted by Gasteiger charge is -2.49. The van der Waals surface area contributed by atoms with E-state index in [9.17, 15) is 29.7 Å². The van der Waals surface area contributed by atoms with E-state index in [1.54, 1.807) is 39.0 Å². The fourth-order valence-corrected chi connectivity index (χ4v) is 8.34. The Kier molecular flexibility index (Phi) is 8.55. The van der Waals surface area contributed by atoms with E-state index in [2.05, 4.69) is 6.92 Å². The summed E-state index contributed by atoms with van der Waals surface area (Å²) in [7, 11) is 0. The molecule has 0 amide bonds. The van der Waals surface area contributed by atoms with Gasteiger partial charge in [-0.15, -0.1) is 0 Å². The lowest BCUT2D eigenvalue weighted by molar-refractivity contribution is -0.203. The Balaban J connectivity index is 1.77. The summed E-state index contributed by atoms with van der Waals surface area (Å²) in [4.78, 5) is 40.8. The van der Waals surface area contributed by atoms with E-state index in [1.807, 2.05) is 20.8 Å². The van der Waals surface area contributed by atoms with Crippen LogP contribution in [0.25, 0.3) is 0 Å². The van der Waals surface area contributed by atoms with Gasteiger partial charge in [0.1, 0.15) is 11.7 Å². The first kappa shape index (κ1) is 31.6. The summed E-state index contributed by atoms with van der Waals surface area (Å²) in [5, 5.41) is 34.6. The maximum Gasteiger partial charge on any atom is 0.334 e. The van der Waals surface area contributed by atoms with Crippen LogP contribution in [-0.2, 0) is 23.9 Å². The van der Waals surface area contributed by atoms with E-state index in [-0.39, 0.29) is 17.3 Å². The normalized spacial score (nSPS) is 39.0. The topological polar surface area (TPSA) is 130 Å². The highest BCUT2D eigenvalue weighted by atomic mass is 16.6. The molecule has 0 aromatic rings. The van der Waals surface area contributed by atoms with Crippen LogP contribution in [0.3, 0.4) is 0 Å². The zero-order valence-corrected chi connectivity index (χ0v) is 25.7. The van der Waals surface area contributed by atoms with Crippen LogP contribution in [0, 0.1) is 28.6 Å². The molecule has 2 bridgehead atoms. The molecule has 3 N–H and O–H groups in total. The van der Waals surface area contributed by atoms with Gasteiger partial charge < -0.3 is 24.8 Å². The predicted molar refractivity (Wildman–Crippen MR) is 153 cm³/mol. The number of carbonyl (C=O) groups excluding carboxylic acids is 3. The van der Waals surface area contributed by atoms with E-state index in [1.165, 1.54) is 0 Å². The predicted octanol–water partition coefficient (Wildman–Crippen LogP) is 4.36. The number of rotatable bonds is 10. The third-order valence-electron chi connectivity index (χ3n) is 10.8. The molecular formula is C33H48O8. The summed E-state index contributed by atoms with van der Waals surface area (Å²) in [6.07, 6.45) is 7.43. The van der Waals surface area contributed by atoms with E-state index < -0.39 is 64.6 Å². The molecule has 4 rings (SSSR count). The number of carbonyl (C=O) groups is 3. The molecule has 3 unspecified atom stereocenters. The van der Waals surface area contributed by atoms with Crippen molar-refractivity contribution < 1.29 is 39.2 Å². The van der Waals surface area contributed by atoms with Crippen molar-refractivity contribution in [1.29, 1.82) is 0 Å². The molecular weight excluding hydrogens is 524 g/mol. The molecule has 2 saturated carbocycles. The fraction of sp³-hybridized carbons (Fsp3) is 0.727. The average Bonchev–Trinajstić information content (AvgIpc) is 3.32. The highest BCUT2D eigenvalue weighted by molar-refractivity contribution is 5.96. The number of allylic oxidation sites excluding steroid dienone is 2. The van der Waals surface area contributed by atoms with Crippen molar-refractivity contribution in [2.45, 2.75) is 117 Å². The second-order valence-electron chi connectivity index (χ2n) is 13.4. The molecule has 8 nitrogen and oxygen atoms in total. The minimum atomic E-state index is -2.26. The molecule has 0 aromatic carbocycles. The Morgan fingerprint density at radius 2 is 1.83 bits per heavy atom. The Bertz CT molecular complexity index is 1180. The summed E-state index contributed by atoms with van der Waals surface area (Å²) in [5.74, 6) is -3.09.